The van der Waals surface area contributed by atoms with Crippen LogP contribution in [0.3, 0.4) is 0 Å². The average Bonchev–Trinajstić information content (AvgIpc) is 3.22. The SMILES string of the molecule is CC(C(N)C(Cc1ccc(OCc2ccc(C(=O)O)cc2)cc1)C(=O)N1Cc2ccccc2CC1C(=O)N(C)[C@@H]1CCCc2ccccc21)N(C)C(=O)OC(C)(C)C. The van der Waals surface area contributed by atoms with Crippen LogP contribution in [0.2, 0.25) is 0 Å². The highest BCUT2D eigenvalue weighted by atomic mass is 16.6. The second-order valence-electron chi connectivity index (χ2n) is 16.7. The van der Waals surface area contributed by atoms with Crippen LogP contribution in [-0.4, -0.2) is 81.5 Å². The number of amides is 3. The number of carbonyl (C=O) groups is 4. The molecule has 3 N–H and O–H groups in total. The molecular formula is C47H56N4O7. The lowest BCUT2D eigenvalue weighted by Crippen LogP contribution is -2.59. The number of rotatable bonds is 12. The lowest BCUT2D eigenvalue weighted by Gasteiger charge is -2.43. The van der Waals surface area contributed by atoms with Crippen LogP contribution in [0, 0.1) is 5.92 Å². The number of hydrogen-bond acceptors (Lipinski definition) is 7. The van der Waals surface area contributed by atoms with Crippen LogP contribution in [0.25, 0.3) is 0 Å². The van der Waals surface area contributed by atoms with E-state index in [1.54, 1.807) is 44.9 Å². The molecule has 2 aliphatic rings. The molecule has 1 aliphatic carbocycles. The molecule has 1 aliphatic heterocycles. The third kappa shape index (κ3) is 9.70. The van der Waals surface area contributed by atoms with Gasteiger partial charge in [0.1, 0.15) is 24.0 Å². The maximum absolute atomic E-state index is 15.3. The number of hydrogen-bond donors (Lipinski definition) is 2. The molecule has 11 heteroatoms. The van der Waals surface area contributed by atoms with Crippen molar-refractivity contribution in [3.8, 4) is 5.75 Å². The number of ether oxygens (including phenoxy) is 2. The number of carbonyl (C=O) groups excluding carboxylic acids is 3. The lowest BCUT2D eigenvalue weighted by atomic mass is 9.84. The number of likely N-dealkylation sites (N-methyl/N-ethyl adjacent to an activating group) is 2. The molecule has 4 aromatic carbocycles. The Morgan fingerprint density at radius 3 is 2.14 bits per heavy atom. The molecule has 3 amide bonds. The summed E-state index contributed by atoms with van der Waals surface area (Å²) < 4.78 is 11.7. The number of fused-ring (bicyclic) bond motifs is 2. The number of aryl methyl sites for hydroxylation is 1. The molecule has 0 spiro atoms. The summed E-state index contributed by atoms with van der Waals surface area (Å²) in [7, 11) is 3.48. The number of nitrogens with two attached hydrogens (primary N) is 1. The number of carboxylic acids is 1. The quantitative estimate of drug-likeness (QED) is 0.154. The largest absolute Gasteiger partial charge is 0.489 e. The summed E-state index contributed by atoms with van der Waals surface area (Å²) in [6.45, 7) is 7.70. The highest BCUT2D eigenvalue weighted by Crippen LogP contribution is 2.36. The third-order valence-corrected chi connectivity index (χ3v) is 11.6. The Kier molecular flexibility index (Phi) is 12.9. The zero-order chi connectivity index (χ0) is 41.7. The third-order valence-electron chi connectivity index (χ3n) is 11.6. The second-order valence-corrected chi connectivity index (χ2v) is 16.7. The van der Waals surface area contributed by atoms with Gasteiger partial charge in [-0.2, -0.15) is 0 Å². The van der Waals surface area contributed by atoms with Gasteiger partial charge in [0.05, 0.1) is 17.5 Å². The standard InChI is InChI=1S/C47H56N4O7/c1-30(49(5)46(56)58-47(2,3)4)42(48)39(26-31-20-24-37(25-21-31)57-29-32-18-22-34(23-19-32)45(54)55)43(52)51-28-36-14-8-7-13-35(36)27-41(51)44(53)50(6)40-17-11-15-33-12-9-10-16-38(33)40/h7-10,12-14,16,18-25,30,39-42H,11,15,17,26-29,48H2,1-6H3,(H,54,55)/t30?,39?,40-,41?,42?/m1/s1. The van der Waals surface area contributed by atoms with Crippen molar-refractivity contribution in [2.75, 3.05) is 14.1 Å². The minimum Gasteiger partial charge on any atom is -0.489 e. The van der Waals surface area contributed by atoms with Gasteiger partial charge in [-0.15, -0.1) is 0 Å². The lowest BCUT2D eigenvalue weighted by molar-refractivity contribution is -0.151. The number of benzene rings is 4. The Morgan fingerprint density at radius 1 is 0.862 bits per heavy atom. The van der Waals surface area contributed by atoms with E-state index in [4.69, 9.17) is 15.2 Å². The second kappa shape index (κ2) is 17.9. The molecule has 4 unspecified atom stereocenters. The van der Waals surface area contributed by atoms with E-state index < -0.39 is 41.7 Å². The van der Waals surface area contributed by atoms with Gasteiger partial charge in [-0.05, 0) is 111 Å². The van der Waals surface area contributed by atoms with Crippen molar-refractivity contribution >= 4 is 23.9 Å². The van der Waals surface area contributed by atoms with E-state index in [1.807, 2.05) is 79.5 Å². The molecule has 0 saturated heterocycles. The van der Waals surface area contributed by atoms with Crippen LogP contribution >= 0.6 is 0 Å². The number of nitrogens with zero attached hydrogens (tertiary/aromatic N) is 3. The molecule has 0 aromatic heterocycles. The molecule has 0 radical (unpaired) electrons. The van der Waals surface area contributed by atoms with E-state index in [2.05, 4.69) is 12.1 Å². The van der Waals surface area contributed by atoms with Crippen molar-refractivity contribution in [2.24, 2.45) is 11.7 Å². The Labute approximate surface area is 341 Å². The number of carboxylic acid groups (broad SMARTS) is 1. The molecule has 0 fully saturated rings. The minimum absolute atomic E-state index is 0.100. The molecule has 306 valence electrons. The average molecular weight is 789 g/mol. The van der Waals surface area contributed by atoms with Crippen molar-refractivity contribution < 1.29 is 33.8 Å². The Balaban J connectivity index is 1.29. The van der Waals surface area contributed by atoms with Gasteiger partial charge >= 0.3 is 12.1 Å². The first kappa shape index (κ1) is 41.9. The molecule has 58 heavy (non-hydrogen) atoms. The van der Waals surface area contributed by atoms with Gasteiger partial charge in [-0.25, -0.2) is 9.59 Å². The van der Waals surface area contributed by atoms with Crippen LogP contribution in [0.15, 0.2) is 97.1 Å². The highest BCUT2D eigenvalue weighted by Gasteiger charge is 2.43. The molecule has 11 nitrogen and oxygen atoms in total. The molecule has 5 atom stereocenters. The maximum atomic E-state index is 15.3. The van der Waals surface area contributed by atoms with E-state index >= 15 is 4.79 Å². The predicted molar refractivity (Wildman–Crippen MR) is 222 cm³/mol. The van der Waals surface area contributed by atoms with Crippen molar-refractivity contribution in [1.82, 2.24) is 14.7 Å². The van der Waals surface area contributed by atoms with Crippen LogP contribution in [0.4, 0.5) is 4.79 Å². The van der Waals surface area contributed by atoms with Gasteiger partial charge in [0, 0.05) is 39.1 Å². The van der Waals surface area contributed by atoms with E-state index in [0.717, 1.165) is 47.1 Å². The minimum atomic E-state index is -0.990. The fourth-order valence-electron chi connectivity index (χ4n) is 8.08. The van der Waals surface area contributed by atoms with Gasteiger partial charge < -0.3 is 35.0 Å². The first-order valence-electron chi connectivity index (χ1n) is 20.1. The predicted octanol–water partition coefficient (Wildman–Crippen LogP) is 7.19. The summed E-state index contributed by atoms with van der Waals surface area (Å²) >= 11 is 0. The molecule has 1 heterocycles. The topological polar surface area (TPSA) is 143 Å². The zero-order valence-electron chi connectivity index (χ0n) is 34.4. The fourth-order valence-corrected chi connectivity index (χ4v) is 8.08. The Hall–Kier alpha value is -5.68. The van der Waals surface area contributed by atoms with Crippen molar-refractivity contribution in [3.63, 3.8) is 0 Å². The first-order valence-corrected chi connectivity index (χ1v) is 20.1. The van der Waals surface area contributed by atoms with Crippen molar-refractivity contribution in [3.05, 3.63) is 136 Å². The van der Waals surface area contributed by atoms with E-state index in [0.29, 0.717) is 12.2 Å². The highest BCUT2D eigenvalue weighted by molar-refractivity contribution is 5.90. The maximum Gasteiger partial charge on any atom is 0.410 e. The first-order chi connectivity index (χ1) is 27.6. The van der Waals surface area contributed by atoms with Gasteiger partial charge in [-0.1, -0.05) is 72.8 Å². The summed E-state index contributed by atoms with van der Waals surface area (Å²) in [4.78, 5) is 59.5. The molecule has 0 bridgehead atoms. The van der Waals surface area contributed by atoms with Crippen LogP contribution in [-0.2, 0) is 46.7 Å². The summed E-state index contributed by atoms with van der Waals surface area (Å²) in [5.41, 5.74) is 12.6. The van der Waals surface area contributed by atoms with E-state index in [9.17, 15) is 19.5 Å². The molecule has 4 aromatic rings. The summed E-state index contributed by atoms with van der Waals surface area (Å²) in [6.07, 6.45) is 2.86. The number of aromatic carboxylic acids is 1. The van der Waals surface area contributed by atoms with Crippen LogP contribution < -0.4 is 10.5 Å². The molecule has 6 rings (SSSR count). The van der Waals surface area contributed by atoms with Gasteiger partial charge in [-0.3, -0.25) is 9.59 Å². The van der Waals surface area contributed by atoms with Gasteiger partial charge in [0.2, 0.25) is 11.8 Å². The van der Waals surface area contributed by atoms with Crippen LogP contribution in [0.5, 0.6) is 5.75 Å². The van der Waals surface area contributed by atoms with E-state index in [-0.39, 0.29) is 43.0 Å². The Bertz CT molecular complexity index is 2100. The summed E-state index contributed by atoms with van der Waals surface area (Å²) in [5, 5.41) is 9.21. The summed E-state index contributed by atoms with van der Waals surface area (Å²) in [6, 6.07) is 27.9. The molecule has 0 saturated carbocycles. The zero-order valence-corrected chi connectivity index (χ0v) is 34.4. The normalized spacial score (nSPS) is 17.8. The molecular weight excluding hydrogens is 733 g/mol. The van der Waals surface area contributed by atoms with Gasteiger partial charge in [0.25, 0.3) is 0 Å². The van der Waals surface area contributed by atoms with Crippen LogP contribution in [0.1, 0.15) is 90.3 Å². The van der Waals surface area contributed by atoms with E-state index in [1.165, 1.54) is 22.6 Å². The van der Waals surface area contributed by atoms with Crippen molar-refractivity contribution in [1.29, 1.82) is 0 Å². The monoisotopic (exact) mass is 788 g/mol. The summed E-state index contributed by atoms with van der Waals surface area (Å²) in [5.74, 6) is -1.58. The smallest absolute Gasteiger partial charge is 0.410 e. The van der Waals surface area contributed by atoms with Crippen molar-refractivity contribution in [2.45, 2.75) is 103 Å². The Morgan fingerprint density at radius 2 is 1.48 bits per heavy atom. The fraction of sp³-hybridized carbons (Fsp3) is 0.404. The van der Waals surface area contributed by atoms with Gasteiger partial charge in [0.15, 0.2) is 0 Å².